The first-order chi connectivity index (χ1) is 16.8. The van der Waals surface area contributed by atoms with E-state index < -0.39 is 18.4 Å². The lowest BCUT2D eigenvalue weighted by Gasteiger charge is -2.37. The Kier molecular flexibility index (Phi) is 9.16. The minimum Gasteiger partial charge on any atom is -0.435 e. The third kappa shape index (κ3) is 7.49. The molecule has 4 N–H and O–H groups in total. The first-order valence-electron chi connectivity index (χ1n) is 12.1. The second-order valence-corrected chi connectivity index (χ2v) is 8.74. The van der Waals surface area contributed by atoms with E-state index in [0.717, 1.165) is 18.8 Å². The molecular formula is C24H35N5O6. The molecule has 1 aliphatic carbocycles. The lowest BCUT2D eigenvalue weighted by molar-refractivity contribution is -0.173. The number of hydrogen-bond acceptors (Lipinski definition) is 8. The van der Waals surface area contributed by atoms with E-state index in [1.165, 1.54) is 6.92 Å². The van der Waals surface area contributed by atoms with E-state index in [4.69, 9.17) is 20.6 Å². The van der Waals surface area contributed by atoms with Gasteiger partial charge < -0.3 is 35.1 Å². The molecule has 1 aliphatic heterocycles. The maximum Gasteiger partial charge on any atom is 0.511 e. The molecule has 2 amide bonds. The first kappa shape index (κ1) is 26.1. The fraction of sp³-hybridized carbons (Fsp3) is 0.583. The Bertz CT molecular complexity index is 892. The highest BCUT2D eigenvalue weighted by Crippen LogP contribution is 2.26. The van der Waals surface area contributed by atoms with Crippen LogP contribution in [-0.2, 0) is 19.0 Å². The molecule has 11 heteroatoms. The van der Waals surface area contributed by atoms with Crippen molar-refractivity contribution < 1.29 is 28.6 Å². The highest BCUT2D eigenvalue weighted by Gasteiger charge is 2.31. The van der Waals surface area contributed by atoms with E-state index in [-0.39, 0.29) is 30.4 Å². The van der Waals surface area contributed by atoms with Crippen molar-refractivity contribution in [2.45, 2.75) is 51.9 Å². The molecule has 1 saturated heterocycles. The standard InChI is InChI=1S/C24H35N5O6/c1-3-33-24(32)35-16(2)34-22(30)18-4-8-19(9-5-18)27-23(31)29-14-12-28(13-15-29)20-10-6-17(7-11-20)21(25)26/h6-7,10-11,16,18-19H,3-5,8-9,12-15H2,1-2H3,(H3,25,26)(H,27,31). The minimum atomic E-state index is -1.01. The molecule has 3 rings (SSSR count). The van der Waals surface area contributed by atoms with Crippen LogP contribution in [0.1, 0.15) is 45.1 Å². The number of amides is 2. The summed E-state index contributed by atoms with van der Waals surface area (Å²) in [5.74, 6) is -0.644. The van der Waals surface area contributed by atoms with Crippen LogP contribution < -0.4 is 16.0 Å². The summed E-state index contributed by atoms with van der Waals surface area (Å²) in [4.78, 5) is 40.4. The lowest BCUT2D eigenvalue weighted by Crippen LogP contribution is -2.54. The van der Waals surface area contributed by atoms with E-state index >= 15 is 0 Å². The lowest BCUT2D eigenvalue weighted by atomic mass is 9.86. The number of amidine groups is 1. The highest BCUT2D eigenvalue weighted by molar-refractivity contribution is 5.95. The summed E-state index contributed by atoms with van der Waals surface area (Å²) in [6, 6.07) is 7.48. The Morgan fingerprint density at radius 1 is 1.06 bits per heavy atom. The summed E-state index contributed by atoms with van der Waals surface area (Å²) in [5.41, 5.74) is 7.24. The van der Waals surface area contributed by atoms with E-state index in [1.807, 2.05) is 29.2 Å². The molecule has 0 bridgehead atoms. The number of ether oxygens (including phenoxy) is 3. The summed E-state index contributed by atoms with van der Waals surface area (Å²) < 4.78 is 14.7. The second kappa shape index (κ2) is 12.3. The number of benzene rings is 1. The van der Waals surface area contributed by atoms with Gasteiger partial charge in [0.05, 0.1) is 12.5 Å². The predicted molar refractivity (Wildman–Crippen MR) is 129 cm³/mol. The molecule has 1 unspecified atom stereocenters. The van der Waals surface area contributed by atoms with Crippen molar-refractivity contribution in [2.24, 2.45) is 11.7 Å². The van der Waals surface area contributed by atoms with E-state index in [1.54, 1.807) is 6.92 Å². The summed E-state index contributed by atoms with van der Waals surface area (Å²) >= 11 is 0. The fourth-order valence-electron chi connectivity index (χ4n) is 4.33. The smallest absolute Gasteiger partial charge is 0.435 e. The Labute approximate surface area is 205 Å². The van der Waals surface area contributed by atoms with Crippen molar-refractivity contribution in [1.29, 1.82) is 5.41 Å². The van der Waals surface area contributed by atoms with Crippen LogP contribution in [0.3, 0.4) is 0 Å². The number of nitrogens with one attached hydrogen (secondary N) is 2. The molecule has 1 saturated carbocycles. The highest BCUT2D eigenvalue weighted by atomic mass is 16.8. The van der Waals surface area contributed by atoms with Crippen LogP contribution >= 0.6 is 0 Å². The number of carbonyl (C=O) groups excluding carboxylic acids is 3. The number of esters is 1. The van der Waals surface area contributed by atoms with Gasteiger partial charge in [0.25, 0.3) is 0 Å². The van der Waals surface area contributed by atoms with Crippen molar-refractivity contribution in [2.75, 3.05) is 37.7 Å². The largest absolute Gasteiger partial charge is 0.511 e. The maximum absolute atomic E-state index is 12.8. The van der Waals surface area contributed by atoms with Gasteiger partial charge in [-0.15, -0.1) is 0 Å². The minimum absolute atomic E-state index is 0.0110. The zero-order chi connectivity index (χ0) is 25.4. The van der Waals surface area contributed by atoms with Gasteiger partial charge in [0.1, 0.15) is 5.84 Å². The van der Waals surface area contributed by atoms with Gasteiger partial charge in [0.2, 0.25) is 6.29 Å². The zero-order valence-corrected chi connectivity index (χ0v) is 20.3. The van der Waals surface area contributed by atoms with Gasteiger partial charge in [-0.3, -0.25) is 10.2 Å². The number of nitrogens with two attached hydrogens (primary N) is 1. The van der Waals surface area contributed by atoms with E-state index in [2.05, 4.69) is 15.0 Å². The number of rotatable bonds is 7. The molecular weight excluding hydrogens is 454 g/mol. The Morgan fingerprint density at radius 2 is 1.69 bits per heavy atom. The summed E-state index contributed by atoms with van der Waals surface area (Å²) in [5, 5.41) is 10.6. The molecule has 11 nitrogen and oxygen atoms in total. The molecule has 2 aliphatic rings. The maximum atomic E-state index is 12.8. The molecule has 0 spiro atoms. The number of piperazine rings is 1. The fourth-order valence-corrected chi connectivity index (χ4v) is 4.33. The summed E-state index contributed by atoms with van der Waals surface area (Å²) in [7, 11) is 0. The third-order valence-corrected chi connectivity index (χ3v) is 6.30. The van der Waals surface area contributed by atoms with Gasteiger partial charge in [-0.1, -0.05) is 0 Å². The number of nitrogen functional groups attached to an aromatic ring is 1. The Balaban J connectivity index is 1.37. The average molecular weight is 490 g/mol. The number of anilines is 1. The Hall–Kier alpha value is -3.50. The van der Waals surface area contributed by atoms with Gasteiger partial charge in [-0.05, 0) is 56.9 Å². The monoisotopic (exact) mass is 489 g/mol. The van der Waals surface area contributed by atoms with Gasteiger partial charge >= 0.3 is 18.2 Å². The third-order valence-electron chi connectivity index (χ3n) is 6.30. The topological polar surface area (TPSA) is 147 Å². The molecule has 0 radical (unpaired) electrons. The normalized spacial score (nSPS) is 21.0. The summed E-state index contributed by atoms with van der Waals surface area (Å²) in [6.07, 6.45) is 0.679. The van der Waals surface area contributed by atoms with Crippen LogP contribution in [0.4, 0.5) is 15.3 Å². The van der Waals surface area contributed by atoms with Gasteiger partial charge in [-0.25, -0.2) is 9.59 Å². The molecule has 2 fully saturated rings. The Morgan fingerprint density at radius 3 is 2.26 bits per heavy atom. The number of nitrogens with zero attached hydrogens (tertiary/aromatic N) is 2. The molecule has 35 heavy (non-hydrogen) atoms. The van der Waals surface area contributed by atoms with E-state index in [0.29, 0.717) is 44.3 Å². The first-order valence-corrected chi connectivity index (χ1v) is 12.1. The van der Waals surface area contributed by atoms with Gasteiger partial charge in [0.15, 0.2) is 0 Å². The van der Waals surface area contributed by atoms with Crippen molar-refractivity contribution in [3.63, 3.8) is 0 Å². The van der Waals surface area contributed by atoms with Crippen LogP contribution in [0.2, 0.25) is 0 Å². The van der Waals surface area contributed by atoms with E-state index in [9.17, 15) is 14.4 Å². The van der Waals surface area contributed by atoms with Crippen LogP contribution in [0.5, 0.6) is 0 Å². The van der Waals surface area contributed by atoms with Gasteiger partial charge in [-0.2, -0.15) is 0 Å². The molecule has 1 atom stereocenters. The second-order valence-electron chi connectivity index (χ2n) is 8.74. The van der Waals surface area contributed by atoms with Crippen LogP contribution in [0, 0.1) is 11.3 Å². The molecule has 1 heterocycles. The quantitative estimate of drug-likeness (QED) is 0.229. The summed E-state index contributed by atoms with van der Waals surface area (Å²) in [6.45, 7) is 5.98. The number of urea groups is 1. The molecule has 1 aromatic rings. The van der Waals surface area contributed by atoms with Crippen molar-refractivity contribution in [3.05, 3.63) is 29.8 Å². The number of hydrogen-bond donors (Lipinski definition) is 3. The van der Waals surface area contributed by atoms with Crippen LogP contribution in [0.25, 0.3) is 0 Å². The molecule has 192 valence electrons. The molecule has 1 aromatic carbocycles. The average Bonchev–Trinajstić information content (AvgIpc) is 2.84. The van der Waals surface area contributed by atoms with Crippen molar-refractivity contribution in [1.82, 2.24) is 10.2 Å². The van der Waals surface area contributed by atoms with Crippen molar-refractivity contribution >= 4 is 29.7 Å². The predicted octanol–water partition coefficient (Wildman–Crippen LogP) is 2.42. The molecule has 0 aromatic heterocycles. The zero-order valence-electron chi connectivity index (χ0n) is 20.3. The van der Waals surface area contributed by atoms with Crippen molar-refractivity contribution in [3.8, 4) is 0 Å². The van der Waals surface area contributed by atoms with Gasteiger partial charge in [0, 0.05) is 50.4 Å². The number of carbonyl (C=O) groups is 3. The van der Waals surface area contributed by atoms with Crippen LogP contribution in [0.15, 0.2) is 24.3 Å². The van der Waals surface area contributed by atoms with Crippen LogP contribution in [-0.4, -0.2) is 74.0 Å². The SMILES string of the molecule is CCOC(=O)OC(C)OC(=O)C1CCC(NC(=O)N2CCN(c3ccc(C(=N)N)cc3)CC2)CC1.